The lowest BCUT2D eigenvalue weighted by atomic mass is 10.1. The van der Waals surface area contributed by atoms with E-state index in [0.717, 1.165) is 22.6 Å². The Morgan fingerprint density at radius 2 is 2.15 bits per heavy atom. The zero-order valence-electron chi connectivity index (χ0n) is 15.2. The first-order valence-corrected chi connectivity index (χ1v) is 9.13. The highest BCUT2D eigenvalue weighted by molar-refractivity contribution is 7.17. The van der Waals surface area contributed by atoms with Crippen LogP contribution in [0.25, 0.3) is 21.8 Å². The van der Waals surface area contributed by atoms with Gasteiger partial charge in [0.05, 0.1) is 30.5 Å². The predicted octanol–water partition coefficient (Wildman–Crippen LogP) is 4.25. The number of carbonyl (C=O) groups is 1. The second kappa shape index (κ2) is 7.29. The maximum absolute atomic E-state index is 11.3. The summed E-state index contributed by atoms with van der Waals surface area (Å²) in [5, 5.41) is 9.95. The maximum Gasteiger partial charge on any atom is 0.347 e. The Morgan fingerprint density at radius 3 is 2.73 bits per heavy atom. The number of aryl methyl sites for hydroxylation is 2. The van der Waals surface area contributed by atoms with Crippen molar-refractivity contribution in [3.8, 4) is 27.6 Å². The lowest BCUT2D eigenvalue weighted by Gasteiger charge is -2.14. The number of imidazole rings is 1. The summed E-state index contributed by atoms with van der Waals surface area (Å²) in [6.07, 6.45) is 3.53. The molecule has 0 aliphatic carbocycles. The van der Waals surface area contributed by atoms with Crippen LogP contribution >= 0.6 is 11.3 Å². The van der Waals surface area contributed by atoms with Crippen LogP contribution in [0.2, 0.25) is 0 Å². The first-order chi connectivity index (χ1) is 12.4. The van der Waals surface area contributed by atoms with Gasteiger partial charge in [-0.2, -0.15) is 0 Å². The molecule has 0 bridgehead atoms. The lowest BCUT2D eigenvalue weighted by molar-refractivity contribution is 0.0701. The Bertz CT molecular complexity index is 943. The van der Waals surface area contributed by atoms with Gasteiger partial charge < -0.3 is 14.4 Å². The van der Waals surface area contributed by atoms with Crippen molar-refractivity contribution in [1.29, 1.82) is 0 Å². The van der Waals surface area contributed by atoms with Gasteiger partial charge in [-0.1, -0.05) is 13.8 Å². The van der Waals surface area contributed by atoms with Crippen molar-refractivity contribution in [3.05, 3.63) is 41.3 Å². The number of carboxylic acids is 1. The van der Waals surface area contributed by atoms with E-state index in [4.69, 9.17) is 4.74 Å². The highest BCUT2D eigenvalue weighted by Gasteiger charge is 2.18. The lowest BCUT2D eigenvalue weighted by Crippen LogP contribution is -2.06. The number of carboxylic acid groups (broad SMARTS) is 1. The molecular formula is C19H21N3O3S. The molecule has 0 saturated carbocycles. The molecule has 0 unspecified atom stereocenters. The number of aromatic nitrogens is 3. The van der Waals surface area contributed by atoms with E-state index >= 15 is 0 Å². The Kier molecular flexibility index (Phi) is 5.08. The number of benzene rings is 1. The molecule has 0 fully saturated rings. The summed E-state index contributed by atoms with van der Waals surface area (Å²) in [7, 11) is 1.93. The van der Waals surface area contributed by atoms with Crippen molar-refractivity contribution in [2.75, 3.05) is 6.61 Å². The van der Waals surface area contributed by atoms with Gasteiger partial charge in [-0.15, -0.1) is 11.3 Å². The predicted molar refractivity (Wildman–Crippen MR) is 102 cm³/mol. The minimum atomic E-state index is -0.949. The fourth-order valence-electron chi connectivity index (χ4n) is 2.58. The number of aromatic carboxylic acids is 1. The number of hydrogen-bond donors (Lipinski definition) is 1. The topological polar surface area (TPSA) is 77.2 Å². The first kappa shape index (κ1) is 18.1. The third-order valence-corrected chi connectivity index (χ3v) is 5.08. The average molecular weight is 371 g/mol. The molecule has 2 aromatic heterocycles. The Balaban J connectivity index is 2.07. The summed E-state index contributed by atoms with van der Waals surface area (Å²) in [6, 6.07) is 5.81. The van der Waals surface area contributed by atoms with Crippen molar-refractivity contribution < 1.29 is 14.6 Å². The molecule has 1 aromatic carbocycles. The normalized spacial score (nSPS) is 11.1. The van der Waals surface area contributed by atoms with Gasteiger partial charge >= 0.3 is 5.97 Å². The van der Waals surface area contributed by atoms with Crippen LogP contribution in [0.3, 0.4) is 0 Å². The molecule has 0 aliphatic heterocycles. The monoisotopic (exact) mass is 371 g/mol. The summed E-state index contributed by atoms with van der Waals surface area (Å²) in [6.45, 7) is 6.53. The van der Waals surface area contributed by atoms with Crippen LogP contribution in [-0.4, -0.2) is 32.2 Å². The largest absolute Gasteiger partial charge is 0.493 e. The van der Waals surface area contributed by atoms with E-state index in [1.54, 1.807) is 19.4 Å². The van der Waals surface area contributed by atoms with E-state index in [9.17, 15) is 9.90 Å². The van der Waals surface area contributed by atoms with Crippen molar-refractivity contribution in [1.82, 2.24) is 14.5 Å². The molecule has 0 spiro atoms. The van der Waals surface area contributed by atoms with E-state index in [2.05, 4.69) is 23.8 Å². The fraction of sp³-hybridized carbons (Fsp3) is 0.316. The van der Waals surface area contributed by atoms with Crippen LogP contribution in [0.1, 0.15) is 29.2 Å². The summed E-state index contributed by atoms with van der Waals surface area (Å²) >= 11 is 1.18. The molecule has 26 heavy (non-hydrogen) atoms. The Labute approximate surface area is 156 Å². The molecule has 1 N–H and O–H groups in total. The van der Waals surface area contributed by atoms with E-state index in [0.29, 0.717) is 23.2 Å². The van der Waals surface area contributed by atoms with Crippen molar-refractivity contribution in [2.45, 2.75) is 20.8 Å². The van der Waals surface area contributed by atoms with Gasteiger partial charge in [-0.3, -0.25) is 0 Å². The minimum absolute atomic E-state index is 0.266. The number of rotatable bonds is 6. The molecule has 136 valence electrons. The molecule has 0 atom stereocenters. The summed E-state index contributed by atoms with van der Waals surface area (Å²) in [5.41, 5.74) is 3.23. The van der Waals surface area contributed by atoms with Crippen LogP contribution in [0.4, 0.5) is 0 Å². The zero-order valence-corrected chi connectivity index (χ0v) is 16.0. The molecular weight excluding hydrogens is 350 g/mol. The van der Waals surface area contributed by atoms with E-state index in [-0.39, 0.29) is 4.88 Å². The Hall–Kier alpha value is -2.67. The van der Waals surface area contributed by atoms with Gasteiger partial charge in [0.2, 0.25) is 0 Å². The minimum Gasteiger partial charge on any atom is -0.493 e. The number of ether oxygens (including phenoxy) is 1. The van der Waals surface area contributed by atoms with Crippen LogP contribution in [0.5, 0.6) is 5.75 Å². The number of thiazole rings is 1. The van der Waals surface area contributed by atoms with Gasteiger partial charge in [0, 0.05) is 18.2 Å². The first-order valence-electron chi connectivity index (χ1n) is 8.31. The molecule has 3 rings (SSSR count). The summed E-state index contributed by atoms with van der Waals surface area (Å²) in [5.74, 6) is 0.238. The highest BCUT2D eigenvalue weighted by Crippen LogP contribution is 2.36. The van der Waals surface area contributed by atoms with Crippen molar-refractivity contribution in [2.24, 2.45) is 13.0 Å². The second-order valence-corrected chi connectivity index (χ2v) is 7.54. The molecule has 0 aliphatic rings. The smallest absolute Gasteiger partial charge is 0.347 e. The van der Waals surface area contributed by atoms with Crippen LogP contribution in [-0.2, 0) is 7.05 Å². The molecule has 0 saturated heterocycles. The van der Waals surface area contributed by atoms with Gasteiger partial charge in [-0.25, -0.2) is 14.8 Å². The Morgan fingerprint density at radius 1 is 1.38 bits per heavy atom. The SMILES string of the molecule is Cc1nc(-c2ccc(OCC(C)C)c(-c3cncn3C)c2)sc1C(=O)O. The van der Waals surface area contributed by atoms with Gasteiger partial charge in [0.15, 0.2) is 0 Å². The van der Waals surface area contributed by atoms with Crippen LogP contribution < -0.4 is 4.74 Å². The molecule has 7 heteroatoms. The summed E-state index contributed by atoms with van der Waals surface area (Å²) < 4.78 is 7.91. The fourth-order valence-corrected chi connectivity index (χ4v) is 3.48. The molecule has 2 heterocycles. The third-order valence-electron chi connectivity index (χ3n) is 3.88. The molecule has 6 nitrogen and oxygen atoms in total. The summed E-state index contributed by atoms with van der Waals surface area (Å²) in [4.78, 5) is 20.2. The van der Waals surface area contributed by atoms with E-state index in [1.165, 1.54) is 11.3 Å². The van der Waals surface area contributed by atoms with Crippen LogP contribution in [0.15, 0.2) is 30.7 Å². The van der Waals surface area contributed by atoms with Crippen molar-refractivity contribution >= 4 is 17.3 Å². The van der Waals surface area contributed by atoms with Crippen molar-refractivity contribution in [3.63, 3.8) is 0 Å². The number of nitrogens with zero attached hydrogens (tertiary/aromatic N) is 3. The highest BCUT2D eigenvalue weighted by atomic mass is 32.1. The van der Waals surface area contributed by atoms with Gasteiger partial charge in [0.1, 0.15) is 15.6 Å². The van der Waals surface area contributed by atoms with E-state index < -0.39 is 5.97 Å². The molecule has 0 amide bonds. The molecule has 0 radical (unpaired) electrons. The van der Waals surface area contributed by atoms with E-state index in [1.807, 2.05) is 29.8 Å². The third kappa shape index (κ3) is 3.62. The second-order valence-electron chi connectivity index (χ2n) is 6.54. The number of hydrogen-bond acceptors (Lipinski definition) is 5. The van der Waals surface area contributed by atoms with Gasteiger partial charge in [-0.05, 0) is 31.0 Å². The molecule has 3 aromatic rings. The average Bonchev–Trinajstić information content (AvgIpc) is 3.18. The quantitative estimate of drug-likeness (QED) is 0.701. The zero-order chi connectivity index (χ0) is 18.8. The van der Waals surface area contributed by atoms with Crippen LogP contribution in [0, 0.1) is 12.8 Å². The standard InChI is InChI=1S/C19H21N3O3S/c1-11(2)9-25-16-6-5-13(7-14(16)15-8-20-10-22(15)4)18-21-12(3)17(26-18)19(23)24/h5-8,10-11H,9H2,1-4H3,(H,23,24). The van der Waals surface area contributed by atoms with Gasteiger partial charge in [0.25, 0.3) is 0 Å². The maximum atomic E-state index is 11.3.